The minimum atomic E-state index is 0.0201. The molecule has 0 radical (unpaired) electrons. The van der Waals surface area contributed by atoms with E-state index in [1.165, 1.54) is 218 Å². The number of allylic oxidation sites excluding steroid dienone is 2. The van der Waals surface area contributed by atoms with Crippen molar-refractivity contribution < 1.29 is 9.53 Å². The maximum absolute atomic E-state index is 12.0. The predicted molar refractivity (Wildman–Crippen MR) is 207 cm³/mol. The molecule has 0 amide bonds. The molecule has 0 aromatic rings. The maximum atomic E-state index is 12.0. The zero-order chi connectivity index (χ0) is 33.3. The van der Waals surface area contributed by atoms with Crippen molar-refractivity contribution in [1.29, 1.82) is 0 Å². The molecule has 0 aliphatic heterocycles. The Morgan fingerprint density at radius 3 is 0.935 bits per heavy atom. The molecule has 0 N–H and O–H groups in total. The third-order valence-corrected chi connectivity index (χ3v) is 9.90. The van der Waals surface area contributed by atoms with E-state index in [0.717, 1.165) is 19.3 Å². The van der Waals surface area contributed by atoms with Crippen LogP contribution in [0, 0.1) is 0 Å². The average Bonchev–Trinajstić information content (AvgIpc) is 3.06. The van der Waals surface area contributed by atoms with Gasteiger partial charge < -0.3 is 4.74 Å². The number of hydrogen-bond donors (Lipinski definition) is 0. The highest BCUT2D eigenvalue weighted by atomic mass is 16.5. The molecule has 0 aliphatic rings. The zero-order valence-electron chi connectivity index (χ0n) is 32.0. The molecule has 0 aromatic carbocycles. The number of hydrogen-bond acceptors (Lipinski definition) is 2. The lowest BCUT2D eigenvalue weighted by molar-refractivity contribution is -0.143. The Hall–Kier alpha value is -0.790. The second-order valence-corrected chi connectivity index (χ2v) is 14.7. The highest BCUT2D eigenvalue weighted by Crippen LogP contribution is 2.16. The zero-order valence-corrected chi connectivity index (χ0v) is 32.0. The molecule has 0 unspecified atom stereocenters. The lowest BCUT2D eigenvalue weighted by Crippen LogP contribution is -2.05. The summed E-state index contributed by atoms with van der Waals surface area (Å²) >= 11 is 0. The summed E-state index contributed by atoms with van der Waals surface area (Å²) in [6.45, 7) is 5.21. The fourth-order valence-corrected chi connectivity index (χ4v) is 6.66. The van der Waals surface area contributed by atoms with Crippen LogP contribution >= 0.6 is 0 Å². The van der Waals surface area contributed by atoms with Crippen molar-refractivity contribution in [2.24, 2.45) is 0 Å². The normalized spacial score (nSPS) is 11.6. The number of ether oxygens (including phenoxy) is 1. The highest BCUT2D eigenvalue weighted by Gasteiger charge is 2.03. The molecule has 2 heteroatoms. The van der Waals surface area contributed by atoms with Gasteiger partial charge in [-0.05, 0) is 38.5 Å². The van der Waals surface area contributed by atoms with Crippen LogP contribution in [0.5, 0.6) is 0 Å². The molecule has 274 valence electrons. The first-order valence-corrected chi connectivity index (χ1v) is 21.6. The number of rotatable bonds is 40. The molecule has 0 fully saturated rings. The minimum Gasteiger partial charge on any atom is -0.466 e. The Bertz CT molecular complexity index is 582. The predicted octanol–water partition coefficient (Wildman–Crippen LogP) is 15.9. The van der Waals surface area contributed by atoms with Gasteiger partial charge in [0.25, 0.3) is 0 Å². The number of esters is 1. The van der Waals surface area contributed by atoms with E-state index in [4.69, 9.17) is 4.74 Å². The molecule has 0 saturated heterocycles. The van der Waals surface area contributed by atoms with E-state index in [2.05, 4.69) is 26.0 Å². The largest absolute Gasteiger partial charge is 0.466 e. The summed E-state index contributed by atoms with van der Waals surface area (Å²) < 4.78 is 5.46. The van der Waals surface area contributed by atoms with Gasteiger partial charge in [0, 0.05) is 6.42 Å². The third-order valence-electron chi connectivity index (χ3n) is 9.90. The second kappa shape index (κ2) is 42.2. The van der Waals surface area contributed by atoms with Crippen LogP contribution in [0.4, 0.5) is 0 Å². The molecule has 0 bridgehead atoms. The van der Waals surface area contributed by atoms with Gasteiger partial charge in [0.15, 0.2) is 0 Å². The molecule has 0 saturated carbocycles. The molecular formula is C44H86O2. The van der Waals surface area contributed by atoms with Crippen molar-refractivity contribution in [3.63, 3.8) is 0 Å². The second-order valence-electron chi connectivity index (χ2n) is 14.7. The summed E-state index contributed by atoms with van der Waals surface area (Å²) in [6, 6.07) is 0. The third kappa shape index (κ3) is 41.2. The molecule has 2 nitrogen and oxygen atoms in total. The first-order chi connectivity index (χ1) is 22.8. The van der Waals surface area contributed by atoms with Gasteiger partial charge in [-0.15, -0.1) is 0 Å². The maximum Gasteiger partial charge on any atom is 0.305 e. The number of carbonyl (C=O) groups is 1. The van der Waals surface area contributed by atoms with Crippen molar-refractivity contribution in [3.05, 3.63) is 12.2 Å². The molecule has 0 heterocycles. The Labute approximate surface area is 291 Å². The molecule has 0 rings (SSSR count). The van der Waals surface area contributed by atoms with Gasteiger partial charge in [-0.1, -0.05) is 225 Å². The van der Waals surface area contributed by atoms with Crippen LogP contribution < -0.4 is 0 Å². The highest BCUT2D eigenvalue weighted by molar-refractivity contribution is 5.69. The Morgan fingerprint density at radius 2 is 0.609 bits per heavy atom. The summed E-state index contributed by atoms with van der Waals surface area (Å²) in [4.78, 5) is 12.0. The molecule has 46 heavy (non-hydrogen) atoms. The monoisotopic (exact) mass is 647 g/mol. The van der Waals surface area contributed by atoms with Crippen molar-refractivity contribution in [3.8, 4) is 0 Å². The summed E-state index contributed by atoms with van der Waals surface area (Å²) in [5, 5.41) is 0. The standard InChI is InChI=1S/C44H86O2/c1-3-5-7-9-11-13-15-17-19-20-21-22-23-24-25-26-27-29-31-33-35-37-39-41-43-46-44(45)42-40-38-36-34-32-30-28-18-16-14-12-10-8-6-4-2/h18,28H,3-17,19-27,29-43H2,1-2H3. The fourth-order valence-electron chi connectivity index (χ4n) is 6.66. The van der Waals surface area contributed by atoms with Gasteiger partial charge in [-0.2, -0.15) is 0 Å². The molecule has 0 aliphatic carbocycles. The lowest BCUT2D eigenvalue weighted by atomic mass is 10.0. The van der Waals surface area contributed by atoms with Crippen LogP contribution in [0.25, 0.3) is 0 Å². The topological polar surface area (TPSA) is 26.3 Å². The summed E-state index contributed by atoms with van der Waals surface area (Å²) in [7, 11) is 0. The summed E-state index contributed by atoms with van der Waals surface area (Å²) in [5.41, 5.74) is 0. The van der Waals surface area contributed by atoms with E-state index in [0.29, 0.717) is 13.0 Å². The smallest absolute Gasteiger partial charge is 0.305 e. The molecular weight excluding hydrogens is 560 g/mol. The van der Waals surface area contributed by atoms with Crippen molar-refractivity contribution >= 4 is 5.97 Å². The molecule has 0 atom stereocenters. The van der Waals surface area contributed by atoms with E-state index in [1.54, 1.807) is 0 Å². The molecule has 0 spiro atoms. The fraction of sp³-hybridized carbons (Fsp3) is 0.932. The van der Waals surface area contributed by atoms with E-state index in [1.807, 2.05) is 0 Å². The minimum absolute atomic E-state index is 0.0201. The van der Waals surface area contributed by atoms with Gasteiger partial charge in [-0.25, -0.2) is 0 Å². The van der Waals surface area contributed by atoms with Crippen LogP contribution in [0.15, 0.2) is 12.2 Å². The SMILES string of the molecule is CCCCCCCCC=CCCCCCCCC(=O)OCCCCCCCCCCCCCCCCCCCCCCCCCC. The van der Waals surface area contributed by atoms with Crippen molar-refractivity contribution in [1.82, 2.24) is 0 Å². The van der Waals surface area contributed by atoms with E-state index >= 15 is 0 Å². The number of unbranched alkanes of at least 4 members (excludes halogenated alkanes) is 34. The average molecular weight is 647 g/mol. The van der Waals surface area contributed by atoms with Crippen molar-refractivity contribution in [2.75, 3.05) is 6.61 Å². The molecule has 0 aromatic heterocycles. The van der Waals surface area contributed by atoms with Gasteiger partial charge in [0.1, 0.15) is 0 Å². The van der Waals surface area contributed by atoms with E-state index < -0.39 is 0 Å². The van der Waals surface area contributed by atoms with Gasteiger partial charge in [-0.3, -0.25) is 4.79 Å². The quantitative estimate of drug-likeness (QED) is 0.0376. The summed E-state index contributed by atoms with van der Waals surface area (Å²) in [5.74, 6) is 0.0201. The van der Waals surface area contributed by atoms with Gasteiger partial charge in [0.2, 0.25) is 0 Å². The van der Waals surface area contributed by atoms with Crippen LogP contribution in [0.2, 0.25) is 0 Å². The van der Waals surface area contributed by atoms with Gasteiger partial charge >= 0.3 is 5.97 Å². The van der Waals surface area contributed by atoms with Crippen LogP contribution in [-0.2, 0) is 9.53 Å². The van der Waals surface area contributed by atoms with E-state index in [9.17, 15) is 4.79 Å². The lowest BCUT2D eigenvalue weighted by Gasteiger charge is -2.06. The van der Waals surface area contributed by atoms with Crippen LogP contribution in [0.1, 0.15) is 258 Å². The Balaban J connectivity index is 3.16. The summed E-state index contributed by atoms with van der Waals surface area (Å²) in [6.07, 6.45) is 56.0. The Morgan fingerprint density at radius 1 is 0.348 bits per heavy atom. The van der Waals surface area contributed by atoms with Crippen LogP contribution in [-0.4, -0.2) is 12.6 Å². The van der Waals surface area contributed by atoms with Gasteiger partial charge in [0.05, 0.1) is 6.61 Å². The van der Waals surface area contributed by atoms with E-state index in [-0.39, 0.29) is 5.97 Å². The van der Waals surface area contributed by atoms with Crippen LogP contribution in [0.3, 0.4) is 0 Å². The number of carbonyl (C=O) groups excluding carboxylic acids is 1. The van der Waals surface area contributed by atoms with Crippen molar-refractivity contribution in [2.45, 2.75) is 258 Å². The first kappa shape index (κ1) is 45.2. The first-order valence-electron chi connectivity index (χ1n) is 21.6. The Kier molecular flexibility index (Phi) is 41.5.